The predicted octanol–water partition coefficient (Wildman–Crippen LogP) is 1.64. The van der Waals surface area contributed by atoms with Crippen LogP contribution in [0.5, 0.6) is 0 Å². The Kier molecular flexibility index (Phi) is 39.4. The molecule has 121 heavy (non-hydrogen) atoms. The van der Waals surface area contributed by atoms with Crippen LogP contribution >= 0.6 is 35.3 Å². The second-order valence-corrected chi connectivity index (χ2v) is 33.7. The Balaban J connectivity index is 1.25. The monoisotopic (exact) mass is 1740 g/mol. The number of Topliss-reactive ketones (excluding diaryl/α,β-unsaturated/α-hetero) is 4. The van der Waals surface area contributed by atoms with Crippen molar-refractivity contribution in [2.24, 2.45) is 35.1 Å². The largest absolute Gasteiger partial charge is 0.481 e. The van der Waals surface area contributed by atoms with Crippen LogP contribution in [-0.4, -0.2) is 248 Å². The average Bonchev–Trinajstić information content (AvgIpc) is 1.67. The molecule has 39 heteroatoms. The number of primary amides is 1. The summed E-state index contributed by atoms with van der Waals surface area (Å²) in [7, 11) is 0. The molecule has 2 saturated heterocycles. The molecule has 5 heterocycles. The summed E-state index contributed by atoms with van der Waals surface area (Å²) in [4.78, 5) is 253. The Hall–Kier alpha value is -10.9. The van der Waals surface area contributed by atoms with Gasteiger partial charge in [0.25, 0.3) is 0 Å². The second kappa shape index (κ2) is 49.1. The fourth-order valence-corrected chi connectivity index (χ4v) is 17.2. The molecule has 7 rings (SSSR count). The van der Waals surface area contributed by atoms with Crippen LogP contribution in [0.4, 0.5) is 0 Å². The number of pyridine rings is 1. The number of amidine groups is 1. The number of hydrogen-bond donors (Lipinski definition) is 15. The van der Waals surface area contributed by atoms with Crippen LogP contribution in [0.25, 0.3) is 0 Å². The number of H-pyrrole nitrogens is 1. The highest BCUT2D eigenvalue weighted by Crippen LogP contribution is 2.30. The van der Waals surface area contributed by atoms with Crippen LogP contribution in [0.3, 0.4) is 0 Å². The number of nitrogens with zero attached hydrogens (tertiary/aromatic N) is 4. The molecular weight excluding hydrogens is 1630 g/mol. The molecule has 2 bridgehead atoms. The quantitative estimate of drug-likeness (QED) is 0.0171. The standard InChI is InChI=1S/C82H109N15O21S3/c1-46(98)30-52(24-29-119-3)74(110)94-62-44-121-42-51-15-9-14-50(31-51)41-120-43-61(93-76(112)53(32-48-12-5-4-6-13-48)34-65(100)57(20-21-69(103)104)89-80(116)72(47(2)99)95-79(115)63-17-10-27-96(63)82(118)64-18-11-28-97(64)81(62)117)67(102)36-55(37-70(105)106)77(113)91-59(38-56-40-87-45-88-56)66(101)35-54(33-49-22-25-86-26-23-49)75(111)90-58(16-7-8-19-68(83)84)78(114)92-60(73(85)109)39-71(107)108/h4-6,9,12-15,22-23,25-26,31,40,45,47,52-55,57-64,72,99H,7-8,10-11,16-21,24,27-30,32-39,41-44H2,1-3H3,(H3,83,84)(H2,85,109)(H,87,88)(H,89,116)(H,90,111)(H,91,113)(H,92,114)(H,93,112)(H,94,110)(H,95,115)(H,103,104)(H,105,106)(H,107,108)/t47-,52-,53-,54-,55+,57+,58+,59+,60+,61+,62+,63+,64+,72+/m1/s1. The first-order valence-electron chi connectivity index (χ1n) is 40.1. The summed E-state index contributed by atoms with van der Waals surface area (Å²) in [5.41, 5.74) is 13.6. The Labute approximate surface area is 712 Å². The summed E-state index contributed by atoms with van der Waals surface area (Å²) in [6, 6.07) is 5.02. The number of aliphatic carboxylic acids is 3. The first-order chi connectivity index (χ1) is 57.7. The van der Waals surface area contributed by atoms with Crippen molar-refractivity contribution in [3.8, 4) is 0 Å². The lowest BCUT2D eigenvalue weighted by Crippen LogP contribution is -2.60. The van der Waals surface area contributed by atoms with Crippen LogP contribution in [-0.2, 0) is 112 Å². The number of rotatable bonds is 39. The Morgan fingerprint density at radius 1 is 0.645 bits per heavy atom. The van der Waals surface area contributed by atoms with E-state index in [-0.39, 0.29) is 118 Å². The number of ketones is 4. The van der Waals surface area contributed by atoms with Crippen molar-refractivity contribution in [2.75, 3.05) is 36.6 Å². The van der Waals surface area contributed by atoms with E-state index in [1.807, 2.05) is 18.4 Å². The number of unbranched alkanes of at least 4 members (excludes halogenated alkanes) is 1. The molecule has 656 valence electrons. The normalized spacial score (nSPS) is 20.9. The van der Waals surface area contributed by atoms with E-state index in [0.29, 0.717) is 41.7 Å². The van der Waals surface area contributed by atoms with Gasteiger partial charge >= 0.3 is 17.9 Å². The minimum Gasteiger partial charge on any atom is -0.481 e. The van der Waals surface area contributed by atoms with Crippen molar-refractivity contribution in [1.29, 1.82) is 5.41 Å². The van der Waals surface area contributed by atoms with Gasteiger partial charge in [-0.25, -0.2) is 4.98 Å². The van der Waals surface area contributed by atoms with Gasteiger partial charge in [-0.15, -0.1) is 0 Å². The Bertz CT molecular complexity index is 4320. The lowest BCUT2D eigenvalue weighted by molar-refractivity contribution is -0.148. The molecule has 4 aromatic rings. The van der Waals surface area contributed by atoms with Gasteiger partial charge in [-0.1, -0.05) is 61.0 Å². The van der Waals surface area contributed by atoms with Crippen LogP contribution in [0.1, 0.15) is 151 Å². The maximum atomic E-state index is 15.4. The summed E-state index contributed by atoms with van der Waals surface area (Å²) in [6.45, 7) is 2.71. The van der Waals surface area contributed by atoms with Crippen molar-refractivity contribution < 1.29 is 102 Å². The van der Waals surface area contributed by atoms with Gasteiger partial charge in [0.15, 0.2) is 17.3 Å². The van der Waals surface area contributed by atoms with Gasteiger partial charge in [-0.2, -0.15) is 35.3 Å². The van der Waals surface area contributed by atoms with E-state index in [1.54, 1.807) is 54.6 Å². The number of aromatic nitrogens is 3. The van der Waals surface area contributed by atoms with Crippen molar-refractivity contribution in [1.82, 2.24) is 62.0 Å². The molecule has 0 spiro atoms. The summed E-state index contributed by atoms with van der Waals surface area (Å²) >= 11 is 3.89. The number of fused-ring (bicyclic) bond motifs is 4. The van der Waals surface area contributed by atoms with Gasteiger partial charge in [0.2, 0.25) is 59.1 Å². The molecule has 3 aliphatic heterocycles. The van der Waals surface area contributed by atoms with E-state index in [4.69, 9.17) is 16.9 Å². The molecule has 2 fully saturated rings. The number of nitrogens with one attached hydrogen (secondary N) is 9. The first kappa shape index (κ1) is 97.2. The van der Waals surface area contributed by atoms with Crippen LogP contribution < -0.4 is 48.7 Å². The van der Waals surface area contributed by atoms with Crippen LogP contribution in [0, 0.1) is 29.1 Å². The zero-order valence-corrected chi connectivity index (χ0v) is 70.2. The number of aliphatic hydroxyl groups is 1. The van der Waals surface area contributed by atoms with Gasteiger partial charge in [-0.3, -0.25) is 87.1 Å². The number of carboxylic acid groups (broad SMARTS) is 3. The lowest BCUT2D eigenvalue weighted by atomic mass is 9.89. The van der Waals surface area contributed by atoms with Crippen molar-refractivity contribution in [2.45, 2.75) is 214 Å². The molecule has 36 nitrogen and oxygen atoms in total. The third kappa shape index (κ3) is 31.9. The van der Waals surface area contributed by atoms with Gasteiger partial charge in [-0.05, 0) is 124 Å². The predicted molar refractivity (Wildman–Crippen MR) is 446 cm³/mol. The summed E-state index contributed by atoms with van der Waals surface area (Å²) in [5, 5.41) is 67.1. The topological polar surface area (TPSA) is 579 Å². The van der Waals surface area contributed by atoms with Crippen molar-refractivity contribution in [3.05, 3.63) is 120 Å². The molecule has 0 saturated carbocycles. The van der Waals surface area contributed by atoms with Gasteiger partial charge in [0.05, 0.1) is 60.8 Å². The minimum atomic E-state index is -1.84. The molecule has 17 N–H and O–H groups in total. The molecule has 2 aromatic carbocycles. The number of imidazole rings is 1. The SMILES string of the molecule is CSCC[C@H](CC(C)=O)C(=O)N[C@H]1CSCc2cccc(c2)CSC[C@@H](C(=O)C[C@@H](CC(=O)O)C(=O)N[C@@H](Cc2c[nH]cn2)C(=O)C[C@@H](Cc2ccncc2)C(=O)N[C@@H](CCCCC(=N)N)C(=O)N[C@@H](CC(=O)O)C(N)=O)NC(=O)[C@H](Cc2ccccc2)CC(=O)[C@H](CCC(=O)O)NC(=O)[C@H]([C@@H](C)O)NC(=O)[C@@H]2CCCN2C(=O)[C@@H]2CCCN2C1=O. The third-order valence-corrected chi connectivity index (χ3v) is 23.9. The number of aromatic amines is 1. The summed E-state index contributed by atoms with van der Waals surface area (Å²) in [6.07, 6.45) is 0.803. The molecule has 0 unspecified atom stereocenters. The number of aliphatic hydroxyl groups excluding tert-OH is 1. The zero-order valence-electron chi connectivity index (χ0n) is 67.7. The van der Waals surface area contributed by atoms with Gasteiger partial charge < -0.3 is 88.7 Å². The summed E-state index contributed by atoms with van der Waals surface area (Å²) < 4.78 is 0. The van der Waals surface area contributed by atoms with Crippen LogP contribution in [0.2, 0.25) is 0 Å². The lowest BCUT2D eigenvalue weighted by Gasteiger charge is -2.34. The smallest absolute Gasteiger partial charge is 0.305 e. The summed E-state index contributed by atoms with van der Waals surface area (Å²) in [5.74, 6) is -21.3. The fourth-order valence-electron chi connectivity index (χ4n) is 14.7. The van der Waals surface area contributed by atoms with Gasteiger partial charge in [0, 0.05) is 117 Å². The van der Waals surface area contributed by atoms with E-state index in [9.17, 15) is 78.0 Å². The molecule has 14 atom stereocenters. The highest BCUT2D eigenvalue weighted by atomic mass is 32.2. The van der Waals surface area contributed by atoms with E-state index in [2.05, 4.69) is 52.2 Å². The highest BCUT2D eigenvalue weighted by molar-refractivity contribution is 7.99. The number of carbonyl (C=O) groups excluding carboxylic acids is 14. The number of nitrogens with two attached hydrogens (primary N) is 2. The van der Waals surface area contributed by atoms with E-state index in [0.717, 1.165) is 17.3 Å². The molecular formula is C82H109N15O21S3. The maximum Gasteiger partial charge on any atom is 0.305 e. The number of benzene rings is 2. The second-order valence-electron chi connectivity index (χ2n) is 30.6. The van der Waals surface area contributed by atoms with E-state index in [1.165, 1.54) is 72.1 Å². The fraction of sp³-hybridized carbons (Fsp3) is 0.537. The molecule has 0 aliphatic carbocycles. The number of hydrogen-bond acceptors (Lipinski definition) is 24. The number of carbonyl (C=O) groups is 17. The number of carboxylic acids is 3. The minimum absolute atomic E-state index is 0.0158. The third-order valence-electron chi connectivity index (χ3n) is 21.0. The highest BCUT2D eigenvalue weighted by Gasteiger charge is 2.46. The molecule has 3 aliphatic rings. The average molecular weight is 1740 g/mol. The maximum absolute atomic E-state index is 15.4. The van der Waals surface area contributed by atoms with E-state index < -0.39 is 223 Å². The zero-order chi connectivity index (χ0) is 88.4. The number of amides is 10. The van der Waals surface area contributed by atoms with Crippen LogP contribution in [0.15, 0.2) is 91.6 Å². The first-order valence-corrected chi connectivity index (χ1v) is 43.8. The number of thioether (sulfide) groups is 3. The van der Waals surface area contributed by atoms with Crippen molar-refractivity contribution in [3.63, 3.8) is 0 Å². The van der Waals surface area contributed by atoms with E-state index >= 15 is 24.0 Å². The van der Waals surface area contributed by atoms with Crippen molar-refractivity contribution >= 4 is 141 Å². The Morgan fingerprint density at radius 3 is 1.91 bits per heavy atom. The van der Waals surface area contributed by atoms with Gasteiger partial charge in [0.1, 0.15) is 42.0 Å². The molecule has 0 radical (unpaired) electrons. The molecule has 10 amide bonds. The molecule has 2 aromatic heterocycles. The Morgan fingerprint density at radius 2 is 1.29 bits per heavy atom.